The normalized spacial score (nSPS) is 21.6. The summed E-state index contributed by atoms with van der Waals surface area (Å²) in [4.78, 5) is 23.9. The average molecular weight is 276 g/mol. The van der Waals surface area contributed by atoms with E-state index in [-0.39, 0.29) is 11.3 Å². The first-order valence-corrected chi connectivity index (χ1v) is 6.83. The number of nitrogens with one attached hydrogen (secondary N) is 1. The Hall–Kier alpha value is -2.09. The summed E-state index contributed by atoms with van der Waals surface area (Å²) in [5, 5.41) is 20.7. The van der Waals surface area contributed by atoms with E-state index in [0.717, 1.165) is 24.8 Å². The Bertz CT molecular complexity index is 494. The van der Waals surface area contributed by atoms with E-state index in [1.54, 1.807) is 0 Å². The van der Waals surface area contributed by atoms with E-state index in [4.69, 9.17) is 5.26 Å². The highest BCUT2D eigenvalue weighted by Crippen LogP contribution is 2.22. The monoisotopic (exact) mass is 276 g/mol. The number of aliphatic hydroxyl groups is 1. The second-order valence-electron chi connectivity index (χ2n) is 4.81. The summed E-state index contributed by atoms with van der Waals surface area (Å²) in [5.74, 6) is -1.21. The summed E-state index contributed by atoms with van der Waals surface area (Å²) in [5.41, 5.74) is 0.586. The number of nitrogens with zero attached hydrogens (tertiary/aromatic N) is 1. The van der Waals surface area contributed by atoms with Gasteiger partial charge in [0.25, 0.3) is 5.91 Å². The fourth-order valence-electron chi connectivity index (χ4n) is 2.18. The molecule has 1 atom stereocenters. The van der Waals surface area contributed by atoms with E-state index >= 15 is 0 Å². The Balaban J connectivity index is 2.95. The van der Waals surface area contributed by atoms with Gasteiger partial charge in [-0.15, -0.1) is 0 Å². The molecular weight excluding hydrogens is 256 g/mol. The Morgan fingerprint density at radius 1 is 1.50 bits per heavy atom. The summed E-state index contributed by atoms with van der Waals surface area (Å²) in [6.45, 7) is 3.40. The third kappa shape index (κ3) is 3.70. The smallest absolute Gasteiger partial charge is 0.259 e. The maximum atomic E-state index is 12.2. The molecule has 1 heterocycles. The Kier molecular flexibility index (Phi) is 5.98. The molecule has 1 rings (SSSR count). The third-order valence-electron chi connectivity index (χ3n) is 3.23. The number of hydrogen-bond donors (Lipinski definition) is 2. The van der Waals surface area contributed by atoms with Crippen LogP contribution < -0.4 is 5.32 Å². The fraction of sp³-hybridized carbons (Fsp3) is 0.533. The van der Waals surface area contributed by atoms with Crippen LogP contribution in [0, 0.1) is 11.3 Å². The van der Waals surface area contributed by atoms with Crippen LogP contribution in [-0.2, 0) is 9.59 Å². The highest BCUT2D eigenvalue weighted by Gasteiger charge is 2.39. The average Bonchev–Trinajstić information content (AvgIpc) is 2.69. The SMILES string of the molecule is CCCC/C=C(/CCC#N)C1NC(=O)/C(=C(/C)O)C1=O. The van der Waals surface area contributed by atoms with Crippen LogP contribution in [0.25, 0.3) is 0 Å². The molecule has 1 aliphatic rings. The molecule has 20 heavy (non-hydrogen) atoms. The number of carbonyl (C=O) groups excluding carboxylic acids is 2. The molecular formula is C15H20N2O3. The van der Waals surface area contributed by atoms with Crippen LogP contribution in [0.4, 0.5) is 0 Å². The number of Topliss-reactive ketones (excluding diaryl/α,β-unsaturated/α-hetero) is 1. The van der Waals surface area contributed by atoms with Gasteiger partial charge in [0.1, 0.15) is 17.4 Å². The molecule has 1 aliphatic heterocycles. The van der Waals surface area contributed by atoms with Gasteiger partial charge in [-0.1, -0.05) is 25.8 Å². The molecule has 0 spiro atoms. The number of allylic oxidation sites excluding steroid dienone is 2. The van der Waals surface area contributed by atoms with Crippen molar-refractivity contribution in [2.45, 2.75) is 52.0 Å². The molecule has 5 nitrogen and oxygen atoms in total. The van der Waals surface area contributed by atoms with E-state index in [1.807, 2.05) is 12.1 Å². The molecule has 5 heteroatoms. The lowest BCUT2D eigenvalue weighted by atomic mass is 9.96. The van der Waals surface area contributed by atoms with Gasteiger partial charge in [-0.25, -0.2) is 0 Å². The van der Waals surface area contributed by atoms with Gasteiger partial charge in [-0.2, -0.15) is 5.26 Å². The standard InChI is InChI=1S/C15H20N2O3/c1-3-4-5-7-11(8-6-9-16)13-14(19)12(10(2)18)15(20)17-13/h7,13,18H,3-6,8H2,1-2H3,(H,17,20)/b11-7-,12-10-. The highest BCUT2D eigenvalue weighted by atomic mass is 16.3. The molecule has 1 saturated heterocycles. The first-order valence-electron chi connectivity index (χ1n) is 6.83. The number of rotatable bonds is 6. The molecule has 0 radical (unpaired) electrons. The molecule has 0 aromatic heterocycles. The zero-order valence-corrected chi connectivity index (χ0v) is 11.9. The molecule has 0 bridgehead atoms. The van der Waals surface area contributed by atoms with Gasteiger partial charge in [0.05, 0.1) is 6.07 Å². The lowest BCUT2D eigenvalue weighted by Gasteiger charge is -2.12. The molecule has 1 unspecified atom stereocenters. The van der Waals surface area contributed by atoms with Gasteiger partial charge < -0.3 is 10.4 Å². The first-order chi connectivity index (χ1) is 9.52. The van der Waals surface area contributed by atoms with Crippen molar-refractivity contribution in [3.8, 4) is 6.07 Å². The van der Waals surface area contributed by atoms with Crippen LogP contribution in [0.1, 0.15) is 46.0 Å². The van der Waals surface area contributed by atoms with Gasteiger partial charge in [0.15, 0.2) is 5.78 Å². The molecule has 0 aromatic carbocycles. The Labute approximate surface area is 119 Å². The van der Waals surface area contributed by atoms with Gasteiger partial charge in [0, 0.05) is 6.42 Å². The molecule has 1 amide bonds. The molecule has 0 aliphatic carbocycles. The van der Waals surface area contributed by atoms with Crippen molar-refractivity contribution in [1.82, 2.24) is 5.32 Å². The topological polar surface area (TPSA) is 90.2 Å². The summed E-state index contributed by atoms with van der Waals surface area (Å²) < 4.78 is 0. The van der Waals surface area contributed by atoms with E-state index in [0.29, 0.717) is 12.8 Å². The van der Waals surface area contributed by atoms with E-state index in [1.165, 1.54) is 6.92 Å². The number of nitriles is 1. The van der Waals surface area contributed by atoms with Gasteiger partial charge in [0.2, 0.25) is 0 Å². The predicted molar refractivity (Wildman–Crippen MR) is 74.7 cm³/mol. The minimum absolute atomic E-state index is 0.173. The van der Waals surface area contributed by atoms with E-state index < -0.39 is 17.7 Å². The molecule has 0 aromatic rings. The first kappa shape index (κ1) is 16.0. The predicted octanol–water partition coefficient (Wildman–Crippen LogP) is 2.31. The van der Waals surface area contributed by atoms with Crippen molar-refractivity contribution in [2.24, 2.45) is 0 Å². The number of ketones is 1. The maximum Gasteiger partial charge on any atom is 0.259 e. The quantitative estimate of drug-likeness (QED) is 0.256. The van der Waals surface area contributed by atoms with Crippen LogP contribution >= 0.6 is 0 Å². The van der Waals surface area contributed by atoms with Crippen molar-refractivity contribution < 1.29 is 14.7 Å². The summed E-state index contributed by atoms with van der Waals surface area (Å²) >= 11 is 0. The third-order valence-corrected chi connectivity index (χ3v) is 3.23. The number of aliphatic hydroxyl groups excluding tert-OH is 1. The van der Waals surface area contributed by atoms with Gasteiger partial charge in [-0.3, -0.25) is 9.59 Å². The minimum atomic E-state index is -0.732. The molecule has 2 N–H and O–H groups in total. The van der Waals surface area contributed by atoms with E-state index in [2.05, 4.69) is 12.2 Å². The van der Waals surface area contributed by atoms with Crippen LogP contribution in [0.15, 0.2) is 23.0 Å². The van der Waals surface area contributed by atoms with Gasteiger partial charge >= 0.3 is 0 Å². The second-order valence-corrected chi connectivity index (χ2v) is 4.81. The van der Waals surface area contributed by atoms with Crippen LogP contribution in [0.2, 0.25) is 0 Å². The van der Waals surface area contributed by atoms with Crippen LogP contribution in [0.3, 0.4) is 0 Å². The van der Waals surface area contributed by atoms with Crippen molar-refractivity contribution in [3.63, 3.8) is 0 Å². The van der Waals surface area contributed by atoms with Crippen LogP contribution in [-0.4, -0.2) is 22.8 Å². The summed E-state index contributed by atoms with van der Waals surface area (Å²) in [6.07, 6.45) is 5.53. The highest BCUT2D eigenvalue weighted by molar-refractivity contribution is 6.27. The molecule has 1 fully saturated rings. The number of carbonyl (C=O) groups is 2. The lowest BCUT2D eigenvalue weighted by molar-refractivity contribution is -0.117. The largest absolute Gasteiger partial charge is 0.512 e. The zero-order chi connectivity index (χ0) is 15.1. The number of unbranched alkanes of at least 4 members (excludes halogenated alkanes) is 2. The van der Waals surface area contributed by atoms with Crippen molar-refractivity contribution in [1.29, 1.82) is 5.26 Å². The molecule has 0 saturated carbocycles. The summed E-state index contributed by atoms with van der Waals surface area (Å²) in [6, 6.07) is 1.31. The van der Waals surface area contributed by atoms with Crippen molar-refractivity contribution in [2.75, 3.05) is 0 Å². The van der Waals surface area contributed by atoms with Gasteiger partial charge in [-0.05, 0) is 25.3 Å². The minimum Gasteiger partial charge on any atom is -0.512 e. The number of amides is 1. The molecule has 108 valence electrons. The maximum absolute atomic E-state index is 12.2. The van der Waals surface area contributed by atoms with E-state index in [9.17, 15) is 14.7 Å². The van der Waals surface area contributed by atoms with Crippen molar-refractivity contribution >= 4 is 11.7 Å². The Morgan fingerprint density at radius 2 is 2.20 bits per heavy atom. The number of hydrogen-bond acceptors (Lipinski definition) is 4. The van der Waals surface area contributed by atoms with Crippen LogP contribution in [0.5, 0.6) is 0 Å². The lowest BCUT2D eigenvalue weighted by Crippen LogP contribution is -2.31. The fourth-order valence-corrected chi connectivity index (χ4v) is 2.18. The van der Waals surface area contributed by atoms with Crippen molar-refractivity contribution in [3.05, 3.63) is 23.0 Å². The Morgan fingerprint density at radius 3 is 2.70 bits per heavy atom. The second kappa shape index (κ2) is 7.49. The summed E-state index contributed by atoms with van der Waals surface area (Å²) in [7, 11) is 0. The zero-order valence-electron chi connectivity index (χ0n) is 11.9.